The highest BCUT2D eigenvalue weighted by atomic mass is 16.5. The van der Waals surface area contributed by atoms with E-state index in [1.807, 2.05) is 42.5 Å². The van der Waals surface area contributed by atoms with Crippen LogP contribution in [0.2, 0.25) is 0 Å². The van der Waals surface area contributed by atoms with E-state index in [0.29, 0.717) is 28.4 Å². The Labute approximate surface area is 196 Å². The molecule has 1 heterocycles. The maximum atomic E-state index is 13.0. The minimum atomic E-state index is -0.664. The van der Waals surface area contributed by atoms with E-state index in [2.05, 4.69) is 10.4 Å². The van der Waals surface area contributed by atoms with Gasteiger partial charge in [-0.1, -0.05) is 30.3 Å². The third-order valence-corrected chi connectivity index (χ3v) is 5.03. The number of ether oxygens (including phenoxy) is 3. The summed E-state index contributed by atoms with van der Waals surface area (Å²) in [6, 6.07) is 23.6. The van der Waals surface area contributed by atoms with Gasteiger partial charge in [0.15, 0.2) is 6.61 Å². The van der Waals surface area contributed by atoms with Gasteiger partial charge in [0, 0.05) is 11.8 Å². The molecule has 172 valence electrons. The smallest absolute Gasteiger partial charge is 0.342 e. The van der Waals surface area contributed by atoms with Crippen LogP contribution in [0.3, 0.4) is 0 Å². The van der Waals surface area contributed by atoms with Crippen LogP contribution in [-0.4, -0.2) is 42.5 Å². The number of amides is 1. The molecule has 3 aromatic carbocycles. The second kappa shape index (κ2) is 10.4. The van der Waals surface area contributed by atoms with Gasteiger partial charge in [-0.05, 0) is 48.5 Å². The van der Waals surface area contributed by atoms with Crippen molar-refractivity contribution in [2.24, 2.45) is 0 Å². The van der Waals surface area contributed by atoms with Gasteiger partial charge in [-0.2, -0.15) is 5.10 Å². The molecule has 1 aromatic heterocycles. The van der Waals surface area contributed by atoms with Crippen LogP contribution in [0.1, 0.15) is 10.4 Å². The molecular weight excluding hydrogens is 434 g/mol. The number of hydrogen-bond acceptors (Lipinski definition) is 6. The molecule has 1 amide bonds. The fourth-order valence-corrected chi connectivity index (χ4v) is 3.34. The Balaban J connectivity index is 1.55. The molecule has 0 unspecified atom stereocenters. The molecule has 0 atom stereocenters. The molecule has 0 saturated carbocycles. The van der Waals surface area contributed by atoms with E-state index in [-0.39, 0.29) is 5.56 Å². The second-order valence-electron chi connectivity index (χ2n) is 7.22. The monoisotopic (exact) mass is 457 g/mol. The first-order valence-corrected chi connectivity index (χ1v) is 10.5. The van der Waals surface area contributed by atoms with Crippen LogP contribution in [0.25, 0.3) is 16.9 Å². The number of methoxy groups -OCH3 is 2. The van der Waals surface area contributed by atoms with E-state index >= 15 is 0 Å². The third kappa shape index (κ3) is 5.07. The first kappa shape index (κ1) is 22.6. The van der Waals surface area contributed by atoms with Crippen LogP contribution in [0.15, 0.2) is 85.1 Å². The van der Waals surface area contributed by atoms with Crippen molar-refractivity contribution in [3.8, 4) is 28.4 Å². The summed E-state index contributed by atoms with van der Waals surface area (Å²) in [5.74, 6) is 0.0407. The van der Waals surface area contributed by atoms with Crippen LogP contribution >= 0.6 is 0 Å². The van der Waals surface area contributed by atoms with Gasteiger partial charge in [-0.15, -0.1) is 0 Å². The molecule has 0 aliphatic carbocycles. The molecule has 0 bridgehead atoms. The molecule has 4 rings (SSSR count). The average molecular weight is 457 g/mol. The lowest BCUT2D eigenvalue weighted by molar-refractivity contribution is -0.119. The minimum Gasteiger partial charge on any atom is -0.497 e. The number of rotatable bonds is 8. The van der Waals surface area contributed by atoms with Gasteiger partial charge in [-0.25, -0.2) is 9.48 Å². The van der Waals surface area contributed by atoms with Crippen molar-refractivity contribution in [1.29, 1.82) is 0 Å². The largest absolute Gasteiger partial charge is 0.497 e. The standard InChI is InChI=1S/C26H23N3O5/c1-32-20-14-12-18(13-15-20)25-21(16-29(28-25)19-8-4-3-5-9-19)26(31)34-17-24(30)27-22-10-6-7-11-23(22)33-2/h3-16H,17H2,1-2H3,(H,27,30). The van der Waals surface area contributed by atoms with Crippen molar-refractivity contribution in [1.82, 2.24) is 9.78 Å². The first-order valence-electron chi connectivity index (χ1n) is 10.5. The topological polar surface area (TPSA) is 91.7 Å². The van der Waals surface area contributed by atoms with Gasteiger partial charge in [0.25, 0.3) is 5.91 Å². The summed E-state index contributed by atoms with van der Waals surface area (Å²) in [5.41, 5.74) is 2.65. The molecule has 0 radical (unpaired) electrons. The summed E-state index contributed by atoms with van der Waals surface area (Å²) in [6.07, 6.45) is 1.59. The fraction of sp³-hybridized carbons (Fsp3) is 0.115. The minimum absolute atomic E-state index is 0.235. The molecule has 34 heavy (non-hydrogen) atoms. The Bertz CT molecular complexity index is 1280. The molecule has 0 aliphatic heterocycles. The third-order valence-electron chi connectivity index (χ3n) is 5.03. The van der Waals surface area contributed by atoms with Crippen LogP contribution in [0, 0.1) is 0 Å². The lowest BCUT2D eigenvalue weighted by Crippen LogP contribution is -2.21. The zero-order valence-electron chi connectivity index (χ0n) is 18.7. The van der Waals surface area contributed by atoms with Crippen LogP contribution < -0.4 is 14.8 Å². The van der Waals surface area contributed by atoms with E-state index in [4.69, 9.17) is 14.2 Å². The maximum Gasteiger partial charge on any atom is 0.342 e. The highest BCUT2D eigenvalue weighted by Crippen LogP contribution is 2.27. The zero-order valence-corrected chi connectivity index (χ0v) is 18.7. The van der Waals surface area contributed by atoms with Crippen LogP contribution in [0.5, 0.6) is 11.5 Å². The quantitative estimate of drug-likeness (QED) is 0.396. The molecular formula is C26H23N3O5. The van der Waals surface area contributed by atoms with Crippen molar-refractivity contribution in [2.75, 3.05) is 26.1 Å². The Morgan fingerprint density at radius 3 is 2.29 bits per heavy atom. The van der Waals surface area contributed by atoms with Crippen LogP contribution in [-0.2, 0) is 9.53 Å². The number of para-hydroxylation sites is 3. The Morgan fingerprint density at radius 2 is 1.59 bits per heavy atom. The van der Waals surface area contributed by atoms with Crippen molar-refractivity contribution < 1.29 is 23.8 Å². The number of aromatic nitrogens is 2. The number of benzene rings is 3. The molecule has 8 heteroatoms. The fourth-order valence-electron chi connectivity index (χ4n) is 3.34. The maximum absolute atomic E-state index is 13.0. The second-order valence-corrected chi connectivity index (χ2v) is 7.22. The predicted molar refractivity (Wildman–Crippen MR) is 127 cm³/mol. The number of anilines is 1. The molecule has 0 aliphatic rings. The number of esters is 1. The Morgan fingerprint density at radius 1 is 0.882 bits per heavy atom. The lowest BCUT2D eigenvalue weighted by atomic mass is 10.1. The zero-order chi connectivity index (χ0) is 23.9. The van der Waals surface area contributed by atoms with Gasteiger partial charge in [-0.3, -0.25) is 4.79 Å². The summed E-state index contributed by atoms with van der Waals surface area (Å²) in [7, 11) is 3.09. The van der Waals surface area contributed by atoms with Crippen molar-refractivity contribution in [3.05, 3.63) is 90.6 Å². The van der Waals surface area contributed by atoms with Gasteiger partial charge in [0.1, 0.15) is 22.8 Å². The molecule has 0 spiro atoms. The van der Waals surface area contributed by atoms with E-state index in [0.717, 1.165) is 5.69 Å². The van der Waals surface area contributed by atoms with E-state index in [1.165, 1.54) is 7.11 Å². The van der Waals surface area contributed by atoms with Gasteiger partial charge >= 0.3 is 5.97 Å². The molecule has 4 aromatic rings. The number of hydrogen-bond donors (Lipinski definition) is 1. The average Bonchev–Trinajstić information content (AvgIpc) is 3.34. The summed E-state index contributed by atoms with van der Waals surface area (Å²) in [6.45, 7) is -0.463. The van der Waals surface area contributed by atoms with Gasteiger partial charge in [0.05, 0.1) is 25.6 Å². The first-order chi connectivity index (χ1) is 16.6. The molecule has 8 nitrogen and oxygen atoms in total. The van der Waals surface area contributed by atoms with E-state index in [1.54, 1.807) is 54.4 Å². The van der Waals surface area contributed by atoms with Crippen molar-refractivity contribution in [3.63, 3.8) is 0 Å². The van der Waals surface area contributed by atoms with E-state index < -0.39 is 18.5 Å². The number of nitrogens with one attached hydrogen (secondary N) is 1. The Hall–Kier alpha value is -4.59. The number of carbonyl (C=O) groups is 2. The highest BCUT2D eigenvalue weighted by Gasteiger charge is 2.21. The number of nitrogens with zero attached hydrogens (tertiary/aromatic N) is 2. The lowest BCUT2D eigenvalue weighted by Gasteiger charge is -2.10. The molecule has 1 N–H and O–H groups in total. The van der Waals surface area contributed by atoms with Crippen LogP contribution in [0.4, 0.5) is 5.69 Å². The normalized spacial score (nSPS) is 10.4. The molecule has 0 saturated heterocycles. The van der Waals surface area contributed by atoms with Gasteiger partial charge in [0.2, 0.25) is 0 Å². The number of carbonyl (C=O) groups excluding carboxylic acids is 2. The van der Waals surface area contributed by atoms with Gasteiger partial charge < -0.3 is 19.5 Å². The summed E-state index contributed by atoms with van der Waals surface area (Å²) in [4.78, 5) is 25.4. The summed E-state index contributed by atoms with van der Waals surface area (Å²) in [5, 5.41) is 7.29. The van der Waals surface area contributed by atoms with E-state index in [9.17, 15) is 9.59 Å². The summed E-state index contributed by atoms with van der Waals surface area (Å²) >= 11 is 0. The SMILES string of the molecule is COc1ccc(-c2nn(-c3ccccc3)cc2C(=O)OCC(=O)Nc2ccccc2OC)cc1. The highest BCUT2D eigenvalue weighted by molar-refractivity contribution is 5.99. The summed E-state index contributed by atoms with van der Waals surface area (Å²) < 4.78 is 17.4. The molecule has 0 fully saturated rings. The Kier molecular flexibility index (Phi) is 6.88. The van der Waals surface area contributed by atoms with Crippen molar-refractivity contribution in [2.45, 2.75) is 0 Å². The predicted octanol–water partition coefficient (Wildman–Crippen LogP) is 4.35. The van der Waals surface area contributed by atoms with Crippen molar-refractivity contribution >= 4 is 17.6 Å².